The smallest absolute Gasteiger partial charge is 0.239 e. The van der Waals surface area contributed by atoms with E-state index in [2.05, 4.69) is 10.2 Å². The topological polar surface area (TPSA) is 58.4 Å². The Kier molecular flexibility index (Phi) is 2.49. The summed E-state index contributed by atoms with van der Waals surface area (Å²) in [7, 11) is 0. The van der Waals surface area contributed by atoms with Gasteiger partial charge in [0, 0.05) is 24.5 Å². The van der Waals surface area contributed by atoms with Crippen LogP contribution in [0.5, 0.6) is 0 Å². The quantitative estimate of drug-likeness (QED) is 0.657. The number of carbonyl (C=O) groups excluding carboxylic acids is 1. The van der Waals surface area contributed by atoms with Crippen LogP contribution in [0.15, 0.2) is 18.2 Å². The number of nitrogen functional groups attached to an aromatic ring is 1. The first kappa shape index (κ1) is 9.83. The number of rotatable bonds is 1. The van der Waals surface area contributed by atoms with Gasteiger partial charge in [-0.05, 0) is 30.7 Å². The van der Waals surface area contributed by atoms with Gasteiger partial charge in [0.25, 0.3) is 0 Å². The van der Waals surface area contributed by atoms with Crippen molar-refractivity contribution in [1.82, 2.24) is 5.32 Å². The van der Waals surface area contributed by atoms with Gasteiger partial charge in [0.1, 0.15) is 0 Å². The third kappa shape index (κ3) is 2.03. The summed E-state index contributed by atoms with van der Waals surface area (Å²) >= 11 is 0. The summed E-state index contributed by atoms with van der Waals surface area (Å²) in [6, 6.07) is 5.87. The first-order chi connectivity index (χ1) is 7.16. The molecule has 1 aromatic rings. The van der Waals surface area contributed by atoms with Crippen molar-refractivity contribution >= 4 is 17.3 Å². The summed E-state index contributed by atoms with van der Waals surface area (Å²) in [4.78, 5) is 13.3. The van der Waals surface area contributed by atoms with Gasteiger partial charge in [0.15, 0.2) is 0 Å². The van der Waals surface area contributed by atoms with E-state index in [1.807, 2.05) is 25.1 Å². The van der Waals surface area contributed by atoms with E-state index in [0.717, 1.165) is 23.5 Å². The fraction of sp³-hybridized carbons (Fsp3) is 0.364. The van der Waals surface area contributed by atoms with Crippen LogP contribution < -0.4 is 16.0 Å². The summed E-state index contributed by atoms with van der Waals surface area (Å²) in [6.45, 7) is 3.98. The van der Waals surface area contributed by atoms with Gasteiger partial charge in [-0.2, -0.15) is 0 Å². The highest BCUT2D eigenvalue weighted by atomic mass is 16.2. The maximum atomic E-state index is 11.2. The molecule has 1 aliphatic rings. The maximum absolute atomic E-state index is 11.2. The van der Waals surface area contributed by atoms with E-state index in [4.69, 9.17) is 5.73 Å². The number of benzene rings is 1. The van der Waals surface area contributed by atoms with Crippen LogP contribution in [0.4, 0.5) is 11.4 Å². The van der Waals surface area contributed by atoms with Crippen molar-refractivity contribution in [2.24, 2.45) is 0 Å². The highest BCUT2D eigenvalue weighted by Crippen LogP contribution is 2.20. The monoisotopic (exact) mass is 205 g/mol. The van der Waals surface area contributed by atoms with Crippen molar-refractivity contribution < 1.29 is 4.79 Å². The van der Waals surface area contributed by atoms with E-state index in [-0.39, 0.29) is 5.91 Å². The lowest BCUT2D eigenvalue weighted by atomic mass is 10.1. The van der Waals surface area contributed by atoms with Gasteiger partial charge in [0.2, 0.25) is 5.91 Å². The average molecular weight is 205 g/mol. The van der Waals surface area contributed by atoms with E-state index in [1.54, 1.807) is 0 Å². The second kappa shape index (κ2) is 3.81. The van der Waals surface area contributed by atoms with Crippen LogP contribution in [-0.2, 0) is 4.79 Å². The van der Waals surface area contributed by atoms with Gasteiger partial charge in [-0.25, -0.2) is 0 Å². The lowest BCUT2D eigenvalue weighted by molar-refractivity contribution is -0.120. The maximum Gasteiger partial charge on any atom is 0.239 e. The molecule has 0 spiro atoms. The van der Waals surface area contributed by atoms with Gasteiger partial charge >= 0.3 is 0 Å². The first-order valence-corrected chi connectivity index (χ1v) is 5.04. The molecule has 1 saturated heterocycles. The molecule has 80 valence electrons. The lowest BCUT2D eigenvalue weighted by Gasteiger charge is -2.29. The first-order valence-electron chi connectivity index (χ1n) is 5.04. The van der Waals surface area contributed by atoms with Gasteiger partial charge < -0.3 is 16.0 Å². The van der Waals surface area contributed by atoms with E-state index < -0.39 is 0 Å². The molecule has 1 amide bonds. The van der Waals surface area contributed by atoms with Crippen LogP contribution in [0.3, 0.4) is 0 Å². The van der Waals surface area contributed by atoms with Crippen molar-refractivity contribution in [3.8, 4) is 0 Å². The predicted octanol–water partition coefficient (Wildman–Crippen LogP) is 0.513. The number of hydrogen-bond donors (Lipinski definition) is 2. The summed E-state index contributed by atoms with van der Waals surface area (Å²) in [6.07, 6.45) is 0. The Morgan fingerprint density at radius 3 is 2.93 bits per heavy atom. The summed E-state index contributed by atoms with van der Waals surface area (Å²) in [5, 5.41) is 2.80. The van der Waals surface area contributed by atoms with E-state index in [1.165, 1.54) is 0 Å². The number of carbonyl (C=O) groups is 1. The molecule has 4 nitrogen and oxygen atoms in total. The highest BCUT2D eigenvalue weighted by molar-refractivity contribution is 5.82. The number of anilines is 2. The molecule has 0 atom stereocenters. The number of nitrogens with one attached hydrogen (secondary N) is 1. The SMILES string of the molecule is Cc1cc(N2CCNC(=O)C2)ccc1N. The van der Waals surface area contributed by atoms with Gasteiger partial charge in [0.05, 0.1) is 6.54 Å². The predicted molar refractivity (Wildman–Crippen MR) is 60.8 cm³/mol. The number of aryl methyl sites for hydroxylation is 1. The number of nitrogens with two attached hydrogens (primary N) is 1. The second-order valence-corrected chi connectivity index (χ2v) is 3.81. The number of piperazine rings is 1. The number of nitrogens with zero attached hydrogens (tertiary/aromatic N) is 1. The summed E-state index contributed by atoms with van der Waals surface area (Å²) in [5.41, 5.74) is 8.66. The van der Waals surface area contributed by atoms with Crippen molar-refractivity contribution in [1.29, 1.82) is 0 Å². The molecule has 1 heterocycles. The van der Waals surface area contributed by atoms with Crippen molar-refractivity contribution in [3.63, 3.8) is 0 Å². The molecular formula is C11H15N3O. The van der Waals surface area contributed by atoms with Crippen LogP contribution in [0.1, 0.15) is 5.56 Å². The van der Waals surface area contributed by atoms with Crippen LogP contribution in [0, 0.1) is 6.92 Å². The van der Waals surface area contributed by atoms with E-state index >= 15 is 0 Å². The van der Waals surface area contributed by atoms with Crippen molar-refractivity contribution in [2.45, 2.75) is 6.92 Å². The normalized spacial score (nSPS) is 16.3. The number of hydrogen-bond acceptors (Lipinski definition) is 3. The zero-order valence-electron chi connectivity index (χ0n) is 8.79. The summed E-state index contributed by atoms with van der Waals surface area (Å²) in [5.74, 6) is 0.0794. The van der Waals surface area contributed by atoms with E-state index in [0.29, 0.717) is 13.1 Å². The molecule has 1 fully saturated rings. The molecular weight excluding hydrogens is 190 g/mol. The Hall–Kier alpha value is -1.71. The molecule has 2 rings (SSSR count). The zero-order valence-corrected chi connectivity index (χ0v) is 8.79. The number of amides is 1. The Morgan fingerprint density at radius 2 is 2.27 bits per heavy atom. The molecule has 15 heavy (non-hydrogen) atoms. The Labute approximate surface area is 89.1 Å². The molecule has 0 radical (unpaired) electrons. The van der Waals surface area contributed by atoms with E-state index in [9.17, 15) is 4.79 Å². The molecule has 3 N–H and O–H groups in total. The van der Waals surface area contributed by atoms with Gasteiger partial charge in [-0.15, -0.1) is 0 Å². The molecule has 0 aliphatic carbocycles. The van der Waals surface area contributed by atoms with Crippen LogP contribution in [-0.4, -0.2) is 25.5 Å². The molecule has 1 aliphatic heterocycles. The highest BCUT2D eigenvalue weighted by Gasteiger charge is 2.16. The minimum atomic E-state index is 0.0794. The second-order valence-electron chi connectivity index (χ2n) is 3.81. The van der Waals surface area contributed by atoms with Crippen LogP contribution in [0.2, 0.25) is 0 Å². The van der Waals surface area contributed by atoms with Crippen molar-refractivity contribution in [2.75, 3.05) is 30.3 Å². The fourth-order valence-electron chi connectivity index (χ4n) is 1.72. The lowest BCUT2D eigenvalue weighted by Crippen LogP contribution is -2.47. The minimum Gasteiger partial charge on any atom is -0.399 e. The fourth-order valence-corrected chi connectivity index (χ4v) is 1.72. The third-order valence-corrected chi connectivity index (χ3v) is 2.66. The molecule has 0 unspecified atom stereocenters. The Balaban J connectivity index is 2.21. The zero-order chi connectivity index (χ0) is 10.8. The Morgan fingerprint density at radius 1 is 1.47 bits per heavy atom. The standard InChI is InChI=1S/C11H15N3O/c1-8-6-9(2-3-10(8)12)14-5-4-13-11(15)7-14/h2-3,6H,4-5,7,12H2,1H3,(H,13,15). The average Bonchev–Trinajstić information content (AvgIpc) is 2.22. The molecule has 0 saturated carbocycles. The molecule has 1 aromatic carbocycles. The van der Waals surface area contributed by atoms with Gasteiger partial charge in [-0.1, -0.05) is 0 Å². The van der Waals surface area contributed by atoms with Crippen LogP contribution >= 0.6 is 0 Å². The molecule has 4 heteroatoms. The van der Waals surface area contributed by atoms with Gasteiger partial charge in [-0.3, -0.25) is 4.79 Å². The van der Waals surface area contributed by atoms with Crippen LogP contribution in [0.25, 0.3) is 0 Å². The largest absolute Gasteiger partial charge is 0.399 e. The molecule has 0 aromatic heterocycles. The summed E-state index contributed by atoms with van der Waals surface area (Å²) < 4.78 is 0. The minimum absolute atomic E-state index is 0.0794. The third-order valence-electron chi connectivity index (χ3n) is 2.66. The van der Waals surface area contributed by atoms with Crippen molar-refractivity contribution in [3.05, 3.63) is 23.8 Å². The molecule has 0 bridgehead atoms. The Bertz CT molecular complexity index is 389.